The number of halogens is 5. The summed E-state index contributed by atoms with van der Waals surface area (Å²) in [6.45, 7) is 1.58. The van der Waals surface area contributed by atoms with Gasteiger partial charge in [0.05, 0.1) is 11.3 Å². The van der Waals surface area contributed by atoms with Gasteiger partial charge in [0.2, 0.25) is 5.13 Å². The highest BCUT2D eigenvalue weighted by Gasteiger charge is 2.41. The maximum atomic E-state index is 14.5. The summed E-state index contributed by atoms with van der Waals surface area (Å²) in [7, 11) is 0. The second-order valence-electron chi connectivity index (χ2n) is 6.52. The van der Waals surface area contributed by atoms with Crippen LogP contribution in [0.2, 0.25) is 5.02 Å². The predicted molar refractivity (Wildman–Crippen MR) is 121 cm³/mol. The van der Waals surface area contributed by atoms with E-state index in [9.17, 15) is 22.4 Å². The van der Waals surface area contributed by atoms with Crippen LogP contribution in [0, 0.1) is 12.7 Å². The summed E-state index contributed by atoms with van der Waals surface area (Å²) in [6.07, 6.45) is -3.25. The first-order valence-corrected chi connectivity index (χ1v) is 10.4. The van der Waals surface area contributed by atoms with Crippen molar-refractivity contribution in [1.82, 2.24) is 9.97 Å². The first-order chi connectivity index (χ1) is 16.0. The van der Waals surface area contributed by atoms with Gasteiger partial charge in [0, 0.05) is 35.6 Å². The van der Waals surface area contributed by atoms with Crippen LogP contribution in [0.5, 0.6) is 11.5 Å². The van der Waals surface area contributed by atoms with E-state index in [1.165, 1.54) is 23.7 Å². The number of aryl methyl sites for hydroxylation is 1. The number of nitrogens with two attached hydrogens (primary N) is 2. The number of carbonyl (C=O) groups is 1. The monoisotopic (exact) mass is 514 g/mol. The summed E-state index contributed by atoms with van der Waals surface area (Å²) < 4.78 is 60.7. The number of pyridine rings is 1. The number of aromatic nitrogens is 2. The number of nitrogens with zero attached hydrogens (tertiary/aromatic N) is 3. The first kappa shape index (κ1) is 24.9. The Morgan fingerprint density at radius 2 is 2.03 bits per heavy atom. The molecule has 0 aliphatic carbocycles. The molecule has 8 nitrogen and oxygen atoms in total. The maximum Gasteiger partial charge on any atom is 0.434 e. The SMILES string of the molecule is Cc1csc(N=C(C(=CN)C(=O)Nc2ccc(Oc3ccnc(N)c3Cl)c(F)c2)C(F)(F)F)n1. The normalized spacial score (nSPS) is 12.5. The van der Waals surface area contributed by atoms with Crippen LogP contribution in [0.4, 0.5) is 34.2 Å². The molecule has 2 aromatic heterocycles. The number of carbonyl (C=O) groups excluding carboxylic acids is 1. The van der Waals surface area contributed by atoms with Gasteiger partial charge in [-0.1, -0.05) is 11.6 Å². The van der Waals surface area contributed by atoms with E-state index in [2.05, 4.69) is 20.3 Å². The fraction of sp³-hybridized carbons (Fsp3) is 0.100. The molecule has 0 atom stereocenters. The van der Waals surface area contributed by atoms with Crippen LogP contribution in [0.1, 0.15) is 5.69 Å². The second kappa shape index (κ2) is 10.1. The van der Waals surface area contributed by atoms with Crippen LogP contribution in [-0.4, -0.2) is 27.8 Å². The number of benzene rings is 1. The zero-order valence-electron chi connectivity index (χ0n) is 17.2. The summed E-state index contributed by atoms with van der Waals surface area (Å²) in [6, 6.07) is 4.54. The summed E-state index contributed by atoms with van der Waals surface area (Å²) in [5, 5.41) is 3.41. The molecule has 0 saturated carbocycles. The largest absolute Gasteiger partial charge is 0.453 e. The highest BCUT2D eigenvalue weighted by Crippen LogP contribution is 2.34. The lowest BCUT2D eigenvalue weighted by Crippen LogP contribution is -2.32. The molecule has 1 amide bonds. The molecule has 3 aromatic rings. The second-order valence-corrected chi connectivity index (χ2v) is 7.73. The van der Waals surface area contributed by atoms with Crippen molar-refractivity contribution in [3.8, 4) is 11.5 Å². The average Bonchev–Trinajstić information content (AvgIpc) is 3.17. The van der Waals surface area contributed by atoms with Gasteiger partial charge in [0.15, 0.2) is 23.0 Å². The van der Waals surface area contributed by atoms with Gasteiger partial charge in [-0.3, -0.25) is 4.79 Å². The number of nitrogen functional groups attached to an aromatic ring is 1. The molecule has 3 rings (SSSR count). The van der Waals surface area contributed by atoms with Crippen molar-refractivity contribution in [2.45, 2.75) is 13.1 Å². The van der Waals surface area contributed by atoms with Crippen LogP contribution in [0.25, 0.3) is 0 Å². The smallest absolute Gasteiger partial charge is 0.434 e. The Morgan fingerprint density at radius 1 is 1.29 bits per heavy atom. The number of ether oxygens (including phenoxy) is 1. The van der Waals surface area contributed by atoms with Gasteiger partial charge in [0.25, 0.3) is 5.91 Å². The average molecular weight is 515 g/mol. The quantitative estimate of drug-likeness (QED) is 0.238. The standard InChI is InChI=1S/C20H15ClF4N6O2S/c1-9-8-34-19(29-9)31-16(20(23,24)25)11(7-26)18(32)30-10-2-3-13(12(22)6-10)33-14-4-5-28-17(27)15(14)21/h2-8H,26H2,1H3,(H2,27,28)(H,30,32). The van der Waals surface area contributed by atoms with Gasteiger partial charge in [0.1, 0.15) is 10.8 Å². The van der Waals surface area contributed by atoms with Crippen LogP contribution >= 0.6 is 22.9 Å². The van der Waals surface area contributed by atoms with E-state index in [4.69, 9.17) is 27.8 Å². The van der Waals surface area contributed by atoms with Crippen LogP contribution in [0.3, 0.4) is 0 Å². The van der Waals surface area contributed by atoms with E-state index in [0.717, 1.165) is 23.5 Å². The van der Waals surface area contributed by atoms with Gasteiger partial charge in [-0.2, -0.15) is 13.2 Å². The molecular formula is C20H15ClF4N6O2S. The molecule has 0 spiro atoms. The minimum atomic E-state index is -5.02. The molecule has 14 heteroatoms. The van der Waals surface area contributed by atoms with Crippen molar-refractivity contribution in [3.63, 3.8) is 0 Å². The molecule has 0 radical (unpaired) electrons. The number of aliphatic imine (C=N–C) groups is 1. The predicted octanol–water partition coefficient (Wildman–Crippen LogP) is 5.13. The minimum Gasteiger partial charge on any atom is -0.453 e. The van der Waals surface area contributed by atoms with Crippen LogP contribution in [0.15, 0.2) is 52.6 Å². The fourth-order valence-electron chi connectivity index (χ4n) is 2.53. The summed E-state index contributed by atoms with van der Waals surface area (Å²) in [5.74, 6) is -2.48. The Labute approximate surface area is 198 Å². The third-order valence-corrected chi connectivity index (χ3v) is 5.27. The summed E-state index contributed by atoms with van der Waals surface area (Å²) in [4.78, 5) is 23.6. The van der Waals surface area contributed by atoms with E-state index < -0.39 is 29.2 Å². The Bertz CT molecular complexity index is 1290. The zero-order valence-corrected chi connectivity index (χ0v) is 18.7. The minimum absolute atomic E-state index is 0.0281. The van der Waals surface area contributed by atoms with Crippen molar-refractivity contribution in [3.05, 3.63) is 64.1 Å². The molecule has 0 bridgehead atoms. The van der Waals surface area contributed by atoms with Crippen molar-refractivity contribution in [1.29, 1.82) is 0 Å². The first-order valence-electron chi connectivity index (χ1n) is 9.18. The van der Waals surface area contributed by atoms with E-state index in [1.807, 2.05) is 0 Å². The van der Waals surface area contributed by atoms with Crippen LogP contribution in [-0.2, 0) is 4.79 Å². The lowest BCUT2D eigenvalue weighted by molar-refractivity contribution is -0.113. The van der Waals surface area contributed by atoms with E-state index >= 15 is 0 Å². The molecule has 0 saturated heterocycles. The van der Waals surface area contributed by atoms with Gasteiger partial charge < -0.3 is 21.5 Å². The number of alkyl halides is 3. The highest BCUT2D eigenvalue weighted by atomic mass is 35.5. The number of nitrogens with one attached hydrogen (secondary N) is 1. The molecule has 0 unspecified atom stereocenters. The van der Waals surface area contributed by atoms with Crippen LogP contribution < -0.4 is 21.5 Å². The number of amides is 1. The lowest BCUT2D eigenvalue weighted by Gasteiger charge is -2.14. The molecule has 34 heavy (non-hydrogen) atoms. The maximum absolute atomic E-state index is 14.5. The number of hydrogen-bond acceptors (Lipinski definition) is 8. The molecule has 0 aliphatic heterocycles. The molecular weight excluding hydrogens is 500 g/mol. The summed E-state index contributed by atoms with van der Waals surface area (Å²) >= 11 is 6.82. The topological polar surface area (TPSA) is 129 Å². The molecule has 1 aromatic carbocycles. The number of hydrogen-bond donors (Lipinski definition) is 3. The molecule has 2 heterocycles. The third-order valence-electron chi connectivity index (χ3n) is 4.04. The number of anilines is 2. The van der Waals surface area contributed by atoms with Gasteiger partial charge in [-0.15, -0.1) is 11.3 Å². The lowest BCUT2D eigenvalue weighted by atomic mass is 10.1. The fourth-order valence-corrected chi connectivity index (χ4v) is 3.35. The molecule has 0 fully saturated rings. The Hall–Kier alpha value is -3.71. The van der Waals surface area contributed by atoms with Gasteiger partial charge >= 0.3 is 6.18 Å². The van der Waals surface area contributed by atoms with Crippen molar-refractivity contribution < 1.29 is 27.1 Å². The van der Waals surface area contributed by atoms with Gasteiger partial charge in [-0.05, 0) is 19.1 Å². The third kappa shape index (κ3) is 5.80. The number of rotatable bonds is 6. The highest BCUT2D eigenvalue weighted by molar-refractivity contribution is 7.13. The van der Waals surface area contributed by atoms with Crippen molar-refractivity contribution >= 4 is 51.2 Å². The Kier molecular flexibility index (Phi) is 7.37. The number of thiazole rings is 1. The van der Waals surface area contributed by atoms with Crippen molar-refractivity contribution in [2.75, 3.05) is 11.1 Å². The summed E-state index contributed by atoms with van der Waals surface area (Å²) in [5.41, 5.74) is 8.65. The molecule has 0 aliphatic rings. The molecule has 5 N–H and O–H groups in total. The zero-order chi connectivity index (χ0) is 25.0. The van der Waals surface area contributed by atoms with Crippen molar-refractivity contribution in [2.24, 2.45) is 10.7 Å². The van der Waals surface area contributed by atoms with E-state index in [0.29, 0.717) is 11.9 Å². The molecule has 178 valence electrons. The Balaban J connectivity index is 1.83. The van der Waals surface area contributed by atoms with E-state index in [1.54, 1.807) is 6.92 Å². The van der Waals surface area contributed by atoms with E-state index in [-0.39, 0.29) is 33.2 Å². The van der Waals surface area contributed by atoms with Gasteiger partial charge in [-0.25, -0.2) is 19.4 Å². The Morgan fingerprint density at radius 3 is 2.62 bits per heavy atom.